The Morgan fingerprint density at radius 1 is 0.550 bits per heavy atom. The molecule has 122 valence electrons. The molecule has 0 radical (unpaired) electrons. The van der Waals surface area contributed by atoms with Crippen molar-refractivity contribution in [1.29, 1.82) is 0 Å². The zero-order chi connectivity index (χ0) is 14.9. The van der Waals surface area contributed by atoms with Crippen molar-refractivity contribution in [2.24, 2.45) is 0 Å². The molecule has 0 aromatic rings. The lowest BCUT2D eigenvalue weighted by Gasteiger charge is -2.16. The summed E-state index contributed by atoms with van der Waals surface area (Å²) in [7, 11) is 5.23. The van der Waals surface area contributed by atoms with Crippen LogP contribution in [0.15, 0.2) is 0 Å². The summed E-state index contributed by atoms with van der Waals surface area (Å²) in [5.74, 6) is 0. The van der Waals surface area contributed by atoms with Crippen LogP contribution >= 0.6 is 0 Å². The van der Waals surface area contributed by atoms with Gasteiger partial charge in [-0.1, -0.05) is 0 Å². The highest BCUT2D eigenvalue weighted by Crippen LogP contribution is 1.87. The van der Waals surface area contributed by atoms with Gasteiger partial charge < -0.3 is 28.4 Å². The molecule has 0 atom stereocenters. The fourth-order valence-electron chi connectivity index (χ4n) is 1.20. The minimum Gasteiger partial charge on any atom is -0.382 e. The smallest absolute Gasteiger partial charge is 0.101 e. The molecule has 0 aromatic heterocycles. The molecule has 0 fully saturated rings. The van der Waals surface area contributed by atoms with Crippen molar-refractivity contribution in [3.8, 4) is 0 Å². The molecule has 7 heteroatoms. The maximum Gasteiger partial charge on any atom is 0.101 e. The second kappa shape index (κ2) is 16.8. The van der Waals surface area contributed by atoms with Crippen LogP contribution < -0.4 is 0 Å². The topological polar surface area (TPSA) is 58.6 Å². The lowest BCUT2D eigenvalue weighted by molar-refractivity contribution is -0.0579. The number of nitrogens with zero attached hydrogens (tertiary/aromatic N) is 1. The quantitative estimate of drug-likeness (QED) is 0.298. The molecule has 0 saturated heterocycles. The summed E-state index contributed by atoms with van der Waals surface area (Å²) in [6.07, 6.45) is 0. The van der Waals surface area contributed by atoms with Gasteiger partial charge in [0.2, 0.25) is 0 Å². The first-order valence-electron chi connectivity index (χ1n) is 6.78. The average molecular weight is 295 g/mol. The largest absolute Gasteiger partial charge is 0.382 e. The van der Waals surface area contributed by atoms with Crippen molar-refractivity contribution in [2.45, 2.75) is 0 Å². The third-order valence-corrected chi connectivity index (χ3v) is 2.23. The molecule has 0 amide bonds. The van der Waals surface area contributed by atoms with Gasteiger partial charge in [0, 0.05) is 14.2 Å². The van der Waals surface area contributed by atoms with E-state index in [9.17, 15) is 0 Å². The standard InChI is InChI=1S/C13H29NO6/c1-14(12-19-10-8-17-6-4-15-2)13-20-11-9-18-7-5-16-3/h4-13H2,1-3H3. The highest BCUT2D eigenvalue weighted by atomic mass is 16.6. The molecule has 0 unspecified atom stereocenters. The Balaban J connectivity index is 3.11. The van der Waals surface area contributed by atoms with E-state index in [1.165, 1.54) is 0 Å². The van der Waals surface area contributed by atoms with E-state index in [1.54, 1.807) is 14.2 Å². The first-order valence-corrected chi connectivity index (χ1v) is 6.78. The summed E-state index contributed by atoms with van der Waals surface area (Å²) in [5, 5.41) is 0. The Bertz CT molecular complexity index is 166. The maximum atomic E-state index is 5.42. The fraction of sp³-hybridized carbons (Fsp3) is 1.00. The van der Waals surface area contributed by atoms with Crippen LogP contribution in [0.3, 0.4) is 0 Å². The van der Waals surface area contributed by atoms with E-state index in [0.29, 0.717) is 66.3 Å². The Labute approximate surface area is 122 Å². The second-order valence-corrected chi connectivity index (χ2v) is 4.14. The highest BCUT2D eigenvalue weighted by Gasteiger charge is 1.98. The van der Waals surface area contributed by atoms with E-state index >= 15 is 0 Å². The lowest BCUT2D eigenvalue weighted by Crippen LogP contribution is -2.26. The van der Waals surface area contributed by atoms with Gasteiger partial charge in [-0.25, -0.2) is 0 Å². The van der Waals surface area contributed by atoms with Crippen molar-refractivity contribution in [3.63, 3.8) is 0 Å². The Morgan fingerprint density at radius 3 is 1.30 bits per heavy atom. The molecule has 7 nitrogen and oxygen atoms in total. The van der Waals surface area contributed by atoms with Crippen LogP contribution in [0, 0.1) is 0 Å². The predicted octanol–water partition coefficient (Wildman–Crippen LogP) is 0.192. The van der Waals surface area contributed by atoms with Gasteiger partial charge in [-0.05, 0) is 7.05 Å². The second-order valence-electron chi connectivity index (χ2n) is 4.14. The maximum absolute atomic E-state index is 5.42. The van der Waals surface area contributed by atoms with Crippen LogP contribution in [0.1, 0.15) is 0 Å². The van der Waals surface area contributed by atoms with Crippen molar-refractivity contribution in [3.05, 3.63) is 0 Å². The minimum atomic E-state index is 0.512. The van der Waals surface area contributed by atoms with Crippen LogP contribution in [0.25, 0.3) is 0 Å². The van der Waals surface area contributed by atoms with Gasteiger partial charge in [-0.15, -0.1) is 0 Å². The molecule has 0 N–H and O–H groups in total. The first-order chi connectivity index (χ1) is 9.81. The molecule has 0 rings (SSSR count). The number of ether oxygens (including phenoxy) is 6. The molecule has 20 heavy (non-hydrogen) atoms. The number of methoxy groups -OCH3 is 2. The summed E-state index contributed by atoms with van der Waals surface area (Å²) in [4.78, 5) is 1.93. The van der Waals surface area contributed by atoms with Crippen molar-refractivity contribution in [1.82, 2.24) is 4.90 Å². The van der Waals surface area contributed by atoms with Crippen LogP contribution in [0.4, 0.5) is 0 Å². The summed E-state index contributed by atoms with van der Waals surface area (Å²) in [6.45, 7) is 5.72. The number of hydrogen-bond acceptors (Lipinski definition) is 7. The van der Waals surface area contributed by atoms with Gasteiger partial charge in [0.25, 0.3) is 0 Å². The Morgan fingerprint density at radius 2 is 0.900 bits per heavy atom. The van der Waals surface area contributed by atoms with E-state index in [0.717, 1.165) is 0 Å². The minimum absolute atomic E-state index is 0.512. The highest BCUT2D eigenvalue weighted by molar-refractivity contribution is 4.37. The van der Waals surface area contributed by atoms with E-state index in [4.69, 9.17) is 28.4 Å². The van der Waals surface area contributed by atoms with E-state index in [-0.39, 0.29) is 0 Å². The number of hydrogen-bond donors (Lipinski definition) is 0. The first kappa shape index (κ1) is 19.7. The predicted molar refractivity (Wildman–Crippen MR) is 74.8 cm³/mol. The normalized spacial score (nSPS) is 11.4. The molecular formula is C13H29NO6. The van der Waals surface area contributed by atoms with Gasteiger partial charge in [0.05, 0.1) is 52.9 Å². The third-order valence-electron chi connectivity index (χ3n) is 2.23. The zero-order valence-electron chi connectivity index (χ0n) is 13.0. The van der Waals surface area contributed by atoms with Crippen LogP contribution in [0.2, 0.25) is 0 Å². The van der Waals surface area contributed by atoms with Gasteiger partial charge in [0.15, 0.2) is 0 Å². The summed E-state index contributed by atoms with van der Waals surface area (Å²) in [5.41, 5.74) is 0. The fourth-order valence-corrected chi connectivity index (χ4v) is 1.20. The molecule has 0 bridgehead atoms. The van der Waals surface area contributed by atoms with E-state index in [1.807, 2.05) is 11.9 Å². The average Bonchev–Trinajstić information content (AvgIpc) is 2.45. The monoisotopic (exact) mass is 295 g/mol. The molecule has 0 aromatic carbocycles. The third kappa shape index (κ3) is 15.8. The molecule has 0 heterocycles. The lowest BCUT2D eigenvalue weighted by atomic mass is 10.7. The molecule has 0 aliphatic carbocycles. The van der Waals surface area contributed by atoms with Gasteiger partial charge in [0.1, 0.15) is 13.5 Å². The zero-order valence-corrected chi connectivity index (χ0v) is 13.0. The molecule has 0 spiro atoms. The molecule has 0 aliphatic rings. The molecule has 0 saturated carbocycles. The van der Waals surface area contributed by atoms with E-state index < -0.39 is 0 Å². The summed E-state index contributed by atoms with van der Waals surface area (Å²) in [6, 6.07) is 0. The Hall–Kier alpha value is -0.280. The molecule has 0 aliphatic heterocycles. The Kier molecular flexibility index (Phi) is 16.5. The summed E-state index contributed by atoms with van der Waals surface area (Å²) < 4.78 is 31.1. The van der Waals surface area contributed by atoms with Crippen LogP contribution in [-0.4, -0.2) is 92.5 Å². The van der Waals surface area contributed by atoms with Crippen LogP contribution in [0.5, 0.6) is 0 Å². The summed E-state index contributed by atoms with van der Waals surface area (Å²) >= 11 is 0. The van der Waals surface area contributed by atoms with Crippen molar-refractivity contribution < 1.29 is 28.4 Å². The SMILES string of the molecule is COCCOCCOCN(C)COCCOCCOC. The van der Waals surface area contributed by atoms with Crippen molar-refractivity contribution in [2.75, 3.05) is 87.6 Å². The van der Waals surface area contributed by atoms with Gasteiger partial charge in [-0.2, -0.15) is 0 Å². The van der Waals surface area contributed by atoms with Gasteiger partial charge >= 0.3 is 0 Å². The molecular weight excluding hydrogens is 266 g/mol. The van der Waals surface area contributed by atoms with Crippen LogP contribution in [-0.2, 0) is 28.4 Å². The van der Waals surface area contributed by atoms with Crippen molar-refractivity contribution >= 4 is 0 Å². The van der Waals surface area contributed by atoms with E-state index in [2.05, 4.69) is 0 Å². The number of rotatable bonds is 16. The van der Waals surface area contributed by atoms with Gasteiger partial charge in [-0.3, -0.25) is 4.90 Å².